The van der Waals surface area contributed by atoms with E-state index in [1.807, 2.05) is 4.98 Å². The van der Waals surface area contributed by atoms with Crippen molar-refractivity contribution in [2.75, 3.05) is 0 Å². The zero-order valence-electron chi connectivity index (χ0n) is 12.8. The molecule has 0 bridgehead atoms. The largest absolute Gasteiger partial charge is 0.325 e. The first-order valence-corrected chi connectivity index (χ1v) is 7.23. The van der Waals surface area contributed by atoms with Crippen molar-refractivity contribution in [1.29, 1.82) is 0 Å². The number of aryl methyl sites for hydroxylation is 1. The first-order valence-electron chi connectivity index (χ1n) is 6.86. The number of carbonyl (C=O) groups excluding carboxylic acids is 1. The average molecular weight is 366 g/mol. The Morgan fingerprint density at radius 3 is 2.76 bits per heavy atom. The second-order valence-electron chi connectivity index (χ2n) is 4.95. The van der Waals surface area contributed by atoms with Crippen LogP contribution in [0.5, 0.6) is 0 Å². The van der Waals surface area contributed by atoms with Gasteiger partial charge in [0.2, 0.25) is 5.91 Å². The zero-order chi connectivity index (χ0) is 18.6. The number of aromatic amines is 2. The van der Waals surface area contributed by atoms with Crippen LogP contribution in [0, 0.1) is 17.0 Å². The van der Waals surface area contributed by atoms with E-state index in [9.17, 15) is 24.5 Å². The van der Waals surface area contributed by atoms with Crippen LogP contribution in [0.1, 0.15) is 16.8 Å². The number of hydrazone groups is 1. The van der Waals surface area contributed by atoms with E-state index in [1.165, 1.54) is 31.3 Å². The molecule has 10 nitrogen and oxygen atoms in total. The number of rotatable bonds is 5. The van der Waals surface area contributed by atoms with E-state index in [0.29, 0.717) is 5.56 Å². The van der Waals surface area contributed by atoms with Crippen LogP contribution >= 0.6 is 11.6 Å². The van der Waals surface area contributed by atoms with Gasteiger partial charge in [0.1, 0.15) is 5.02 Å². The number of nitrogens with one attached hydrogen (secondary N) is 3. The topological polar surface area (TPSA) is 150 Å². The van der Waals surface area contributed by atoms with E-state index < -0.39 is 22.1 Å². The Balaban J connectivity index is 2.07. The number of benzene rings is 1. The molecule has 25 heavy (non-hydrogen) atoms. The molecule has 1 amide bonds. The van der Waals surface area contributed by atoms with Crippen LogP contribution in [0.25, 0.3) is 0 Å². The Morgan fingerprint density at radius 1 is 1.40 bits per heavy atom. The summed E-state index contributed by atoms with van der Waals surface area (Å²) in [5, 5.41) is 14.5. The third kappa shape index (κ3) is 4.61. The quantitative estimate of drug-likeness (QED) is 0.403. The van der Waals surface area contributed by atoms with Gasteiger partial charge in [-0.1, -0.05) is 17.7 Å². The van der Waals surface area contributed by atoms with Crippen molar-refractivity contribution in [3.05, 3.63) is 71.0 Å². The van der Waals surface area contributed by atoms with Gasteiger partial charge in [-0.2, -0.15) is 5.10 Å². The van der Waals surface area contributed by atoms with Gasteiger partial charge in [0.15, 0.2) is 0 Å². The fraction of sp³-hybridized carbons (Fsp3) is 0.143. The number of carbonyl (C=O) groups is 1. The van der Waals surface area contributed by atoms with Gasteiger partial charge in [-0.3, -0.25) is 24.7 Å². The summed E-state index contributed by atoms with van der Waals surface area (Å²) in [4.78, 5) is 49.1. The summed E-state index contributed by atoms with van der Waals surface area (Å²) in [6.45, 7) is 1.50. The molecule has 11 heteroatoms. The molecule has 0 radical (unpaired) electrons. The minimum Gasteiger partial charge on any atom is -0.311 e. The molecule has 1 aromatic heterocycles. The van der Waals surface area contributed by atoms with Crippen molar-refractivity contribution in [1.82, 2.24) is 15.4 Å². The fourth-order valence-electron chi connectivity index (χ4n) is 1.97. The van der Waals surface area contributed by atoms with Crippen molar-refractivity contribution in [3.8, 4) is 0 Å². The molecule has 0 fully saturated rings. The van der Waals surface area contributed by atoms with E-state index in [0.717, 1.165) is 0 Å². The van der Waals surface area contributed by atoms with Crippen LogP contribution in [0.2, 0.25) is 5.02 Å². The number of H-pyrrole nitrogens is 2. The number of hydrogen-bond donors (Lipinski definition) is 3. The van der Waals surface area contributed by atoms with Crippen LogP contribution in [0.3, 0.4) is 0 Å². The van der Waals surface area contributed by atoms with Gasteiger partial charge in [-0.05, 0) is 13.0 Å². The monoisotopic (exact) mass is 365 g/mol. The molecule has 0 unspecified atom stereocenters. The van der Waals surface area contributed by atoms with E-state index in [4.69, 9.17) is 11.6 Å². The molecule has 0 saturated heterocycles. The van der Waals surface area contributed by atoms with Gasteiger partial charge in [0.05, 0.1) is 17.6 Å². The highest BCUT2D eigenvalue weighted by Crippen LogP contribution is 2.24. The predicted octanol–water partition coefficient (Wildman–Crippen LogP) is 0.626. The Kier molecular flexibility index (Phi) is 5.45. The number of amides is 1. The number of aromatic nitrogens is 2. The van der Waals surface area contributed by atoms with Gasteiger partial charge in [0, 0.05) is 22.9 Å². The van der Waals surface area contributed by atoms with E-state index in [1.54, 1.807) is 0 Å². The second-order valence-corrected chi connectivity index (χ2v) is 5.36. The molecule has 0 aliphatic carbocycles. The normalized spacial score (nSPS) is 10.8. The molecule has 2 rings (SSSR count). The molecule has 0 atom stereocenters. The molecule has 2 aromatic rings. The Morgan fingerprint density at radius 2 is 2.12 bits per heavy atom. The molecular weight excluding hydrogens is 354 g/mol. The highest BCUT2D eigenvalue weighted by Gasteiger charge is 2.12. The van der Waals surface area contributed by atoms with Crippen LogP contribution in [-0.2, 0) is 11.2 Å². The molecule has 1 heterocycles. The van der Waals surface area contributed by atoms with E-state index >= 15 is 0 Å². The van der Waals surface area contributed by atoms with E-state index in [-0.39, 0.29) is 28.4 Å². The lowest BCUT2D eigenvalue weighted by Gasteiger charge is -2.03. The summed E-state index contributed by atoms with van der Waals surface area (Å²) in [7, 11) is 0. The SMILES string of the molecule is Cc1[nH]c(=O)[nH]c(=O)c1CC(=O)N/N=C\c1ccc(Cl)c([N+](=O)[O-])c1. The maximum absolute atomic E-state index is 11.8. The maximum atomic E-state index is 11.8. The van der Waals surface area contributed by atoms with Crippen molar-refractivity contribution in [2.24, 2.45) is 5.10 Å². The summed E-state index contributed by atoms with van der Waals surface area (Å²) in [6, 6.07) is 4.03. The first kappa shape index (κ1) is 18.1. The predicted molar refractivity (Wildman–Crippen MR) is 90.0 cm³/mol. The van der Waals surface area contributed by atoms with Crippen molar-refractivity contribution >= 4 is 29.4 Å². The highest BCUT2D eigenvalue weighted by atomic mass is 35.5. The fourth-order valence-corrected chi connectivity index (χ4v) is 2.15. The lowest BCUT2D eigenvalue weighted by molar-refractivity contribution is -0.384. The van der Waals surface area contributed by atoms with Crippen LogP contribution in [0.15, 0.2) is 32.9 Å². The molecular formula is C14H12ClN5O5. The third-order valence-electron chi connectivity index (χ3n) is 3.16. The average Bonchev–Trinajstić information content (AvgIpc) is 2.52. The summed E-state index contributed by atoms with van der Waals surface area (Å²) in [6.07, 6.45) is 0.904. The summed E-state index contributed by atoms with van der Waals surface area (Å²) >= 11 is 5.69. The number of hydrogen-bond acceptors (Lipinski definition) is 6. The second kappa shape index (κ2) is 7.53. The minimum atomic E-state index is -0.659. The van der Waals surface area contributed by atoms with Crippen LogP contribution in [0.4, 0.5) is 5.69 Å². The number of halogens is 1. The van der Waals surface area contributed by atoms with E-state index in [2.05, 4.69) is 15.5 Å². The lowest BCUT2D eigenvalue weighted by atomic mass is 10.1. The summed E-state index contributed by atoms with van der Waals surface area (Å²) in [5.74, 6) is -0.597. The maximum Gasteiger partial charge on any atom is 0.325 e. The van der Waals surface area contributed by atoms with Crippen molar-refractivity contribution < 1.29 is 9.72 Å². The molecule has 1 aromatic carbocycles. The first-order chi connectivity index (χ1) is 11.8. The molecule has 0 aliphatic rings. The Bertz CT molecular complexity index is 978. The third-order valence-corrected chi connectivity index (χ3v) is 3.48. The molecule has 3 N–H and O–H groups in total. The van der Waals surface area contributed by atoms with Crippen molar-refractivity contribution in [2.45, 2.75) is 13.3 Å². The minimum absolute atomic E-state index is 0.0149. The van der Waals surface area contributed by atoms with Gasteiger partial charge in [-0.25, -0.2) is 10.2 Å². The van der Waals surface area contributed by atoms with Gasteiger partial charge >= 0.3 is 5.69 Å². The lowest BCUT2D eigenvalue weighted by Crippen LogP contribution is -2.30. The standard InChI is InChI=1S/C14H12ClN5O5/c1-7-9(13(22)18-14(23)17-7)5-12(21)19-16-6-8-2-3-10(15)11(4-8)20(24)25/h2-4,6H,5H2,1H3,(H,19,21)(H2,17,18,22,23)/b16-6-. The zero-order valence-corrected chi connectivity index (χ0v) is 13.6. The molecule has 130 valence electrons. The number of nitro groups is 1. The van der Waals surface area contributed by atoms with Gasteiger partial charge < -0.3 is 4.98 Å². The smallest absolute Gasteiger partial charge is 0.311 e. The van der Waals surface area contributed by atoms with Gasteiger partial charge in [0.25, 0.3) is 11.2 Å². The molecule has 0 saturated carbocycles. The van der Waals surface area contributed by atoms with Gasteiger partial charge in [-0.15, -0.1) is 0 Å². The summed E-state index contributed by atoms with van der Waals surface area (Å²) in [5.41, 5.74) is 1.33. The van der Waals surface area contributed by atoms with Crippen LogP contribution in [-0.4, -0.2) is 27.0 Å². The van der Waals surface area contributed by atoms with Crippen molar-refractivity contribution in [3.63, 3.8) is 0 Å². The Hall–Kier alpha value is -3.27. The number of nitro benzene ring substituents is 1. The molecule has 0 aliphatic heterocycles. The number of nitrogens with zero attached hydrogens (tertiary/aromatic N) is 2. The molecule has 0 spiro atoms. The highest BCUT2D eigenvalue weighted by molar-refractivity contribution is 6.32. The van der Waals surface area contributed by atoms with Crippen LogP contribution < -0.4 is 16.7 Å². The Labute approximate surface area is 144 Å². The summed E-state index contributed by atoms with van der Waals surface area (Å²) < 4.78 is 0.